The van der Waals surface area contributed by atoms with Crippen molar-refractivity contribution in [1.82, 2.24) is 4.98 Å². The predicted octanol–water partition coefficient (Wildman–Crippen LogP) is 3.87. The molecule has 1 N–H and O–H groups in total. The summed E-state index contributed by atoms with van der Waals surface area (Å²) in [6.07, 6.45) is 2.08. The lowest BCUT2D eigenvalue weighted by molar-refractivity contribution is 0.0526. The lowest BCUT2D eigenvalue weighted by Crippen LogP contribution is -2.14. The van der Waals surface area contributed by atoms with Crippen LogP contribution in [-0.2, 0) is 15.9 Å². The number of methoxy groups -OCH3 is 3. The molecular weight excluding hydrogens is 412 g/mol. The number of pyridine rings is 1. The molecule has 0 aliphatic heterocycles. The van der Waals surface area contributed by atoms with Gasteiger partial charge in [0, 0.05) is 18.1 Å². The van der Waals surface area contributed by atoms with Crippen molar-refractivity contribution in [2.75, 3.05) is 39.8 Å². The van der Waals surface area contributed by atoms with Crippen molar-refractivity contribution in [1.29, 1.82) is 0 Å². The third-order valence-electron chi connectivity index (χ3n) is 4.96. The van der Waals surface area contributed by atoms with E-state index in [1.165, 1.54) is 13.3 Å². The molecule has 2 aromatic carbocycles. The van der Waals surface area contributed by atoms with Crippen molar-refractivity contribution in [3.63, 3.8) is 0 Å². The second-order valence-electron chi connectivity index (χ2n) is 6.83. The summed E-state index contributed by atoms with van der Waals surface area (Å²) >= 11 is 0. The van der Waals surface area contributed by atoms with Crippen molar-refractivity contribution >= 4 is 28.5 Å². The van der Waals surface area contributed by atoms with E-state index in [2.05, 4.69) is 10.3 Å². The zero-order valence-electron chi connectivity index (χ0n) is 18.6. The number of anilines is 1. The summed E-state index contributed by atoms with van der Waals surface area (Å²) in [7, 11) is 4.50. The topological polar surface area (TPSA) is 96.0 Å². The Morgan fingerprint density at radius 3 is 2.44 bits per heavy atom. The molecule has 8 heteroatoms. The Labute approximate surface area is 186 Å². The summed E-state index contributed by atoms with van der Waals surface area (Å²) in [6, 6.07) is 10.9. The molecule has 168 valence electrons. The van der Waals surface area contributed by atoms with Gasteiger partial charge in [-0.05, 0) is 37.1 Å². The molecule has 32 heavy (non-hydrogen) atoms. The Balaban J connectivity index is 1.95. The maximum absolute atomic E-state index is 12.5. The molecule has 0 amide bonds. The molecule has 0 saturated carbocycles. The van der Waals surface area contributed by atoms with Gasteiger partial charge in [0.2, 0.25) is 0 Å². The first kappa shape index (κ1) is 22.9. The standard InChI is InChI=1S/C24H26N2O6/c1-5-32-24(28)18-14-26-21-16(7-6-8-17(21)23(27)31-4)22(18)25-12-11-15-9-10-19(29-2)20(13-15)30-3/h6-10,13-14H,5,11-12H2,1-4H3,(H,25,26). The van der Waals surface area contributed by atoms with Gasteiger partial charge >= 0.3 is 11.9 Å². The lowest BCUT2D eigenvalue weighted by Gasteiger charge is -2.15. The number of carbonyl (C=O) groups excluding carboxylic acids is 2. The van der Waals surface area contributed by atoms with E-state index < -0.39 is 11.9 Å². The molecule has 1 heterocycles. The molecule has 0 atom stereocenters. The van der Waals surface area contributed by atoms with Crippen LogP contribution >= 0.6 is 0 Å². The van der Waals surface area contributed by atoms with Crippen molar-refractivity contribution < 1.29 is 28.5 Å². The highest BCUT2D eigenvalue weighted by Gasteiger charge is 2.20. The second kappa shape index (κ2) is 10.5. The van der Waals surface area contributed by atoms with E-state index in [0.717, 1.165) is 5.56 Å². The Bertz CT molecular complexity index is 1130. The average molecular weight is 438 g/mol. The molecule has 3 aromatic rings. The smallest absolute Gasteiger partial charge is 0.341 e. The van der Waals surface area contributed by atoms with Gasteiger partial charge < -0.3 is 24.3 Å². The van der Waals surface area contributed by atoms with Crippen molar-refractivity contribution in [2.45, 2.75) is 13.3 Å². The number of ether oxygens (including phenoxy) is 4. The van der Waals surface area contributed by atoms with Gasteiger partial charge in [-0.25, -0.2) is 9.59 Å². The molecule has 0 radical (unpaired) electrons. The van der Waals surface area contributed by atoms with E-state index in [1.807, 2.05) is 18.2 Å². The summed E-state index contributed by atoms with van der Waals surface area (Å²) in [5, 5.41) is 3.96. The zero-order valence-corrected chi connectivity index (χ0v) is 18.6. The quantitative estimate of drug-likeness (QED) is 0.503. The van der Waals surface area contributed by atoms with Crippen LogP contribution in [0.3, 0.4) is 0 Å². The third-order valence-corrected chi connectivity index (χ3v) is 4.96. The molecule has 0 fully saturated rings. The van der Waals surface area contributed by atoms with Crippen LogP contribution < -0.4 is 14.8 Å². The number of hydrogen-bond donors (Lipinski definition) is 1. The van der Waals surface area contributed by atoms with Crippen LogP contribution in [0.25, 0.3) is 10.9 Å². The highest BCUT2D eigenvalue weighted by Crippen LogP contribution is 2.30. The van der Waals surface area contributed by atoms with E-state index >= 15 is 0 Å². The minimum absolute atomic E-state index is 0.240. The molecule has 0 bridgehead atoms. The molecule has 0 aliphatic rings. The number of para-hydroxylation sites is 1. The third kappa shape index (κ3) is 4.74. The van der Waals surface area contributed by atoms with E-state index in [-0.39, 0.29) is 6.61 Å². The number of benzene rings is 2. The summed E-state index contributed by atoms with van der Waals surface area (Å²) in [5.74, 6) is 0.320. The maximum atomic E-state index is 12.5. The number of nitrogens with one attached hydrogen (secondary N) is 1. The lowest BCUT2D eigenvalue weighted by atomic mass is 10.0. The Morgan fingerprint density at radius 2 is 1.75 bits per heavy atom. The number of rotatable bonds is 9. The van der Waals surface area contributed by atoms with Crippen LogP contribution in [0.2, 0.25) is 0 Å². The van der Waals surface area contributed by atoms with Crippen molar-refractivity contribution in [3.05, 3.63) is 59.3 Å². The fraction of sp³-hybridized carbons (Fsp3) is 0.292. The molecule has 0 aliphatic carbocycles. The van der Waals surface area contributed by atoms with E-state index in [0.29, 0.717) is 52.2 Å². The Hall–Kier alpha value is -3.81. The molecule has 0 spiro atoms. The van der Waals surface area contributed by atoms with E-state index in [1.54, 1.807) is 39.3 Å². The first-order chi connectivity index (χ1) is 15.5. The van der Waals surface area contributed by atoms with Gasteiger partial charge in [-0.2, -0.15) is 0 Å². The molecule has 8 nitrogen and oxygen atoms in total. The Morgan fingerprint density at radius 1 is 0.969 bits per heavy atom. The summed E-state index contributed by atoms with van der Waals surface area (Å²) in [5.41, 5.74) is 2.65. The van der Waals surface area contributed by atoms with Crippen LogP contribution in [0, 0.1) is 0 Å². The normalized spacial score (nSPS) is 10.5. The SMILES string of the molecule is CCOC(=O)c1cnc2c(C(=O)OC)cccc2c1NCCc1ccc(OC)c(OC)c1. The van der Waals surface area contributed by atoms with E-state index in [4.69, 9.17) is 18.9 Å². The van der Waals surface area contributed by atoms with Gasteiger partial charge in [0.1, 0.15) is 5.56 Å². The highest BCUT2D eigenvalue weighted by molar-refractivity contribution is 6.10. The first-order valence-electron chi connectivity index (χ1n) is 10.2. The second-order valence-corrected chi connectivity index (χ2v) is 6.83. The van der Waals surface area contributed by atoms with Gasteiger partial charge in [0.25, 0.3) is 0 Å². The minimum atomic E-state index is -0.497. The molecule has 0 unspecified atom stereocenters. The van der Waals surface area contributed by atoms with Crippen LogP contribution in [0.5, 0.6) is 11.5 Å². The minimum Gasteiger partial charge on any atom is -0.493 e. The van der Waals surface area contributed by atoms with Crippen LogP contribution in [0.1, 0.15) is 33.2 Å². The zero-order chi connectivity index (χ0) is 23.1. The Kier molecular flexibility index (Phi) is 7.49. The molecule has 3 rings (SSSR count). The first-order valence-corrected chi connectivity index (χ1v) is 10.2. The number of carbonyl (C=O) groups is 2. The number of nitrogens with zero attached hydrogens (tertiary/aromatic N) is 1. The summed E-state index contributed by atoms with van der Waals surface area (Å²) in [6.45, 7) is 2.50. The fourth-order valence-corrected chi connectivity index (χ4v) is 3.42. The van der Waals surface area contributed by atoms with Gasteiger partial charge in [-0.3, -0.25) is 4.98 Å². The maximum Gasteiger partial charge on any atom is 0.341 e. The molecule has 0 saturated heterocycles. The van der Waals surface area contributed by atoms with Gasteiger partial charge in [0.05, 0.1) is 44.7 Å². The molecule has 1 aromatic heterocycles. The van der Waals surface area contributed by atoms with Crippen LogP contribution in [-0.4, -0.2) is 51.4 Å². The summed E-state index contributed by atoms with van der Waals surface area (Å²) in [4.78, 5) is 29.1. The van der Waals surface area contributed by atoms with Crippen molar-refractivity contribution in [3.8, 4) is 11.5 Å². The number of hydrogen-bond acceptors (Lipinski definition) is 8. The van der Waals surface area contributed by atoms with Gasteiger partial charge in [-0.1, -0.05) is 18.2 Å². The van der Waals surface area contributed by atoms with Crippen LogP contribution in [0.15, 0.2) is 42.6 Å². The predicted molar refractivity (Wildman–Crippen MR) is 121 cm³/mol. The average Bonchev–Trinajstić information content (AvgIpc) is 2.83. The largest absolute Gasteiger partial charge is 0.493 e. The van der Waals surface area contributed by atoms with E-state index in [9.17, 15) is 9.59 Å². The fourth-order valence-electron chi connectivity index (χ4n) is 3.42. The van der Waals surface area contributed by atoms with Gasteiger partial charge in [0.15, 0.2) is 11.5 Å². The number of esters is 2. The highest BCUT2D eigenvalue weighted by atomic mass is 16.5. The van der Waals surface area contributed by atoms with Gasteiger partial charge in [-0.15, -0.1) is 0 Å². The molecular formula is C24H26N2O6. The number of aromatic nitrogens is 1. The van der Waals surface area contributed by atoms with Crippen molar-refractivity contribution in [2.24, 2.45) is 0 Å². The summed E-state index contributed by atoms with van der Waals surface area (Å²) < 4.78 is 20.7. The monoisotopic (exact) mass is 438 g/mol. The van der Waals surface area contributed by atoms with Crippen LogP contribution in [0.4, 0.5) is 5.69 Å². The number of fused-ring (bicyclic) bond motifs is 1.